The Balaban J connectivity index is 2.76. The Morgan fingerprint density at radius 2 is 2.00 bits per heavy atom. The van der Waals surface area contributed by atoms with Gasteiger partial charge < -0.3 is 4.98 Å². The van der Waals surface area contributed by atoms with Crippen LogP contribution in [-0.4, -0.2) is 9.97 Å². The zero-order valence-electron chi connectivity index (χ0n) is 9.48. The van der Waals surface area contributed by atoms with Crippen molar-refractivity contribution in [2.24, 2.45) is 0 Å². The first-order chi connectivity index (χ1) is 6.89. The maximum atomic E-state index is 13.7. The number of halogens is 1. The fraction of sp³-hybridized carbons (Fsp3) is 0.417. The third-order valence-electron chi connectivity index (χ3n) is 2.63. The van der Waals surface area contributed by atoms with Gasteiger partial charge in [0.05, 0.1) is 0 Å². The van der Waals surface area contributed by atoms with Crippen LogP contribution in [-0.2, 0) is 5.41 Å². The average Bonchev–Trinajstić information content (AvgIpc) is 2.44. The van der Waals surface area contributed by atoms with E-state index in [-0.39, 0.29) is 11.4 Å². The molecule has 0 radical (unpaired) electrons. The molecular weight excluding hydrogens is 191 g/mol. The van der Waals surface area contributed by atoms with Crippen LogP contribution in [0.1, 0.15) is 31.9 Å². The van der Waals surface area contributed by atoms with E-state index in [1.165, 1.54) is 0 Å². The monoisotopic (exact) mass is 206 g/mol. The zero-order chi connectivity index (χ0) is 11.2. The predicted molar refractivity (Wildman–Crippen MR) is 59.5 cm³/mol. The molecule has 0 unspecified atom stereocenters. The zero-order valence-corrected chi connectivity index (χ0v) is 9.48. The molecule has 0 aromatic carbocycles. The molecule has 2 rings (SSSR count). The smallest absolute Gasteiger partial charge is 0.218 e. The lowest BCUT2D eigenvalue weighted by Gasteiger charge is -2.19. The molecule has 0 amide bonds. The molecule has 2 aromatic rings. The lowest BCUT2D eigenvalue weighted by Crippen LogP contribution is -2.14. The van der Waals surface area contributed by atoms with Gasteiger partial charge in [-0.25, -0.2) is 4.98 Å². The molecule has 0 saturated carbocycles. The van der Waals surface area contributed by atoms with Crippen LogP contribution in [0.3, 0.4) is 0 Å². The van der Waals surface area contributed by atoms with Crippen LogP contribution in [0, 0.1) is 12.9 Å². The van der Waals surface area contributed by atoms with Gasteiger partial charge in [-0.3, -0.25) is 0 Å². The van der Waals surface area contributed by atoms with Crippen molar-refractivity contribution in [3.05, 3.63) is 29.3 Å². The maximum absolute atomic E-state index is 13.7. The van der Waals surface area contributed by atoms with E-state index in [9.17, 15) is 4.39 Å². The third-order valence-corrected chi connectivity index (χ3v) is 2.63. The molecule has 0 aliphatic carbocycles. The van der Waals surface area contributed by atoms with E-state index in [2.05, 4.69) is 9.97 Å². The summed E-state index contributed by atoms with van der Waals surface area (Å²) in [7, 11) is 0. The number of aryl methyl sites for hydroxylation is 1. The SMILES string of the molecule is Cc1c[nH]c2nc(F)c(C(C)(C)C)cc12. The standard InChI is InChI=1S/C12H15FN2/c1-7-6-14-11-8(7)5-9(10(13)15-11)12(2,3)4/h5-6H,1-4H3,(H,14,15). The molecule has 0 saturated heterocycles. The number of hydrogen-bond acceptors (Lipinski definition) is 1. The van der Waals surface area contributed by atoms with Gasteiger partial charge in [-0.05, 0) is 24.0 Å². The Morgan fingerprint density at radius 3 is 2.60 bits per heavy atom. The summed E-state index contributed by atoms with van der Waals surface area (Å²) in [6, 6.07) is 1.89. The van der Waals surface area contributed by atoms with Crippen molar-refractivity contribution < 1.29 is 4.39 Å². The normalized spacial score (nSPS) is 12.3. The number of aromatic amines is 1. The van der Waals surface area contributed by atoms with Crippen molar-refractivity contribution >= 4 is 11.0 Å². The topological polar surface area (TPSA) is 28.7 Å². The number of aromatic nitrogens is 2. The number of hydrogen-bond donors (Lipinski definition) is 1. The number of fused-ring (bicyclic) bond motifs is 1. The van der Waals surface area contributed by atoms with E-state index >= 15 is 0 Å². The van der Waals surface area contributed by atoms with Crippen molar-refractivity contribution in [3.8, 4) is 0 Å². The fourth-order valence-electron chi connectivity index (χ4n) is 1.68. The highest BCUT2D eigenvalue weighted by atomic mass is 19.1. The predicted octanol–water partition coefficient (Wildman–Crippen LogP) is 3.31. The highest BCUT2D eigenvalue weighted by molar-refractivity contribution is 5.80. The molecule has 0 aliphatic rings. The second kappa shape index (κ2) is 3.05. The molecule has 0 bridgehead atoms. The van der Waals surface area contributed by atoms with Gasteiger partial charge in [0.1, 0.15) is 5.65 Å². The number of pyridine rings is 1. The summed E-state index contributed by atoms with van der Waals surface area (Å²) in [5.74, 6) is -0.378. The minimum Gasteiger partial charge on any atom is -0.346 e. The van der Waals surface area contributed by atoms with Crippen LogP contribution < -0.4 is 0 Å². The van der Waals surface area contributed by atoms with Crippen molar-refractivity contribution in [1.82, 2.24) is 9.97 Å². The molecule has 0 atom stereocenters. The quantitative estimate of drug-likeness (QED) is 0.658. The van der Waals surface area contributed by atoms with E-state index < -0.39 is 0 Å². The number of H-pyrrole nitrogens is 1. The largest absolute Gasteiger partial charge is 0.346 e. The van der Waals surface area contributed by atoms with Gasteiger partial charge in [-0.2, -0.15) is 4.39 Å². The molecule has 15 heavy (non-hydrogen) atoms. The van der Waals surface area contributed by atoms with E-state index in [1.807, 2.05) is 40.0 Å². The molecule has 80 valence electrons. The van der Waals surface area contributed by atoms with Gasteiger partial charge in [0, 0.05) is 17.1 Å². The first kappa shape index (κ1) is 10.1. The number of nitrogens with zero attached hydrogens (tertiary/aromatic N) is 1. The van der Waals surface area contributed by atoms with Gasteiger partial charge in [0.25, 0.3) is 0 Å². The van der Waals surface area contributed by atoms with E-state index in [0.29, 0.717) is 11.2 Å². The lowest BCUT2D eigenvalue weighted by atomic mass is 9.87. The van der Waals surface area contributed by atoms with E-state index in [0.717, 1.165) is 10.9 Å². The van der Waals surface area contributed by atoms with Crippen LogP contribution in [0.15, 0.2) is 12.3 Å². The number of nitrogens with one attached hydrogen (secondary N) is 1. The average molecular weight is 206 g/mol. The van der Waals surface area contributed by atoms with E-state index in [4.69, 9.17) is 0 Å². The van der Waals surface area contributed by atoms with Crippen LogP contribution >= 0.6 is 0 Å². The minimum atomic E-state index is -0.378. The van der Waals surface area contributed by atoms with Crippen LogP contribution in [0.5, 0.6) is 0 Å². The van der Waals surface area contributed by atoms with Crippen LogP contribution in [0.4, 0.5) is 4.39 Å². The highest BCUT2D eigenvalue weighted by Gasteiger charge is 2.20. The summed E-state index contributed by atoms with van der Waals surface area (Å²) < 4.78 is 13.7. The van der Waals surface area contributed by atoms with Gasteiger partial charge >= 0.3 is 0 Å². The van der Waals surface area contributed by atoms with Crippen LogP contribution in [0.2, 0.25) is 0 Å². The Labute approximate surface area is 88.5 Å². The summed E-state index contributed by atoms with van der Waals surface area (Å²) in [6.45, 7) is 7.95. The molecule has 1 N–H and O–H groups in total. The Hall–Kier alpha value is -1.38. The molecule has 3 heteroatoms. The van der Waals surface area contributed by atoms with Gasteiger partial charge in [0.15, 0.2) is 0 Å². The van der Waals surface area contributed by atoms with Gasteiger partial charge in [-0.1, -0.05) is 20.8 Å². The Morgan fingerprint density at radius 1 is 1.33 bits per heavy atom. The van der Waals surface area contributed by atoms with Gasteiger partial charge in [0.2, 0.25) is 5.95 Å². The molecule has 2 aromatic heterocycles. The lowest BCUT2D eigenvalue weighted by molar-refractivity contribution is 0.502. The van der Waals surface area contributed by atoms with Crippen molar-refractivity contribution in [2.75, 3.05) is 0 Å². The maximum Gasteiger partial charge on any atom is 0.218 e. The van der Waals surface area contributed by atoms with Crippen LogP contribution in [0.25, 0.3) is 11.0 Å². The summed E-state index contributed by atoms with van der Waals surface area (Å²) >= 11 is 0. The second-order valence-corrected chi connectivity index (χ2v) is 4.94. The summed E-state index contributed by atoms with van der Waals surface area (Å²) in [6.07, 6.45) is 1.85. The molecule has 2 nitrogen and oxygen atoms in total. The van der Waals surface area contributed by atoms with Crippen molar-refractivity contribution in [3.63, 3.8) is 0 Å². The first-order valence-electron chi connectivity index (χ1n) is 5.04. The fourth-order valence-corrected chi connectivity index (χ4v) is 1.68. The first-order valence-corrected chi connectivity index (χ1v) is 5.04. The molecule has 0 spiro atoms. The number of rotatable bonds is 0. The second-order valence-electron chi connectivity index (χ2n) is 4.94. The summed E-state index contributed by atoms with van der Waals surface area (Å²) in [5, 5.41) is 1.00. The summed E-state index contributed by atoms with van der Waals surface area (Å²) in [4.78, 5) is 6.90. The highest BCUT2D eigenvalue weighted by Crippen LogP contribution is 2.28. The van der Waals surface area contributed by atoms with Crippen molar-refractivity contribution in [2.45, 2.75) is 33.1 Å². The summed E-state index contributed by atoms with van der Waals surface area (Å²) in [5.41, 5.74) is 2.17. The Bertz CT molecular complexity index is 506. The van der Waals surface area contributed by atoms with Crippen molar-refractivity contribution in [1.29, 1.82) is 0 Å². The van der Waals surface area contributed by atoms with E-state index in [1.54, 1.807) is 0 Å². The molecule has 2 heterocycles. The molecule has 0 fully saturated rings. The molecular formula is C12H15FN2. The van der Waals surface area contributed by atoms with Gasteiger partial charge in [-0.15, -0.1) is 0 Å². The third kappa shape index (κ3) is 1.62. The Kier molecular flexibility index (Phi) is 2.07. The minimum absolute atomic E-state index is 0.213. The molecule has 0 aliphatic heterocycles.